The number of aryl methyl sites for hydroxylation is 1. The van der Waals surface area contributed by atoms with Crippen LogP contribution in [0.5, 0.6) is 5.75 Å². The first-order valence-corrected chi connectivity index (χ1v) is 5.42. The lowest BCUT2D eigenvalue weighted by Crippen LogP contribution is -2.20. The predicted octanol–water partition coefficient (Wildman–Crippen LogP) is 2.42. The van der Waals surface area contributed by atoms with E-state index in [9.17, 15) is 9.90 Å². The number of phenols is 1. The van der Waals surface area contributed by atoms with Gasteiger partial charge >= 0.3 is 0 Å². The summed E-state index contributed by atoms with van der Waals surface area (Å²) in [5.41, 5.74) is 0.399. The van der Waals surface area contributed by atoms with Crippen molar-refractivity contribution in [3.8, 4) is 5.75 Å². The van der Waals surface area contributed by atoms with Crippen LogP contribution in [0.1, 0.15) is 23.0 Å². The predicted molar refractivity (Wildman–Crippen MR) is 61.3 cm³/mol. The van der Waals surface area contributed by atoms with Crippen molar-refractivity contribution in [2.24, 2.45) is 0 Å². The number of hydrogen-bond donors (Lipinski definition) is 1. The van der Waals surface area contributed by atoms with Crippen molar-refractivity contribution in [3.05, 3.63) is 29.5 Å². The Morgan fingerprint density at radius 1 is 1.47 bits per heavy atom. The Morgan fingerprint density at radius 3 is 2.82 bits per heavy atom. The number of furan rings is 1. The standard InChI is InChI=1S/C13H12O4/c1-7-11(12(15)13(2)6-16-13)9-5-8(14)3-4-10(9)17-7/h3-5,14H,6H2,1-2H3. The molecule has 1 fully saturated rings. The molecule has 2 heterocycles. The number of ketones is 1. The van der Waals surface area contributed by atoms with Gasteiger partial charge in [-0.2, -0.15) is 0 Å². The van der Waals surface area contributed by atoms with Crippen molar-refractivity contribution in [3.63, 3.8) is 0 Å². The third kappa shape index (κ3) is 1.45. The molecule has 0 saturated carbocycles. The summed E-state index contributed by atoms with van der Waals surface area (Å²) in [7, 11) is 0. The summed E-state index contributed by atoms with van der Waals surface area (Å²) in [6.45, 7) is 3.95. The smallest absolute Gasteiger partial charge is 0.200 e. The minimum atomic E-state index is -0.715. The third-order valence-corrected chi connectivity index (χ3v) is 3.13. The number of ether oxygens (including phenoxy) is 1. The van der Waals surface area contributed by atoms with Crippen molar-refractivity contribution in [2.45, 2.75) is 19.4 Å². The number of carbonyl (C=O) groups excluding carboxylic acids is 1. The van der Waals surface area contributed by atoms with E-state index in [0.29, 0.717) is 28.9 Å². The monoisotopic (exact) mass is 232 g/mol. The minimum Gasteiger partial charge on any atom is -0.508 e. The summed E-state index contributed by atoms with van der Waals surface area (Å²) in [5.74, 6) is 0.598. The van der Waals surface area contributed by atoms with Gasteiger partial charge < -0.3 is 14.3 Å². The van der Waals surface area contributed by atoms with Gasteiger partial charge in [0.25, 0.3) is 0 Å². The maximum Gasteiger partial charge on any atom is 0.200 e. The average Bonchev–Trinajstić information content (AvgIpc) is 2.93. The van der Waals surface area contributed by atoms with Crippen molar-refractivity contribution < 1.29 is 19.1 Å². The number of Topliss-reactive ketones (excluding diaryl/α,β-unsaturated/α-hetero) is 1. The van der Waals surface area contributed by atoms with Gasteiger partial charge in [-0.15, -0.1) is 0 Å². The topological polar surface area (TPSA) is 63.0 Å². The second-order valence-electron chi connectivity index (χ2n) is 4.56. The molecule has 4 nitrogen and oxygen atoms in total. The number of hydrogen-bond acceptors (Lipinski definition) is 4. The van der Waals surface area contributed by atoms with Crippen LogP contribution in [-0.4, -0.2) is 23.1 Å². The number of phenolic OH excluding ortho intramolecular Hbond substituents is 1. The fourth-order valence-electron chi connectivity index (χ4n) is 1.99. The third-order valence-electron chi connectivity index (χ3n) is 3.13. The lowest BCUT2D eigenvalue weighted by Gasteiger charge is -2.03. The normalized spacial score (nSPS) is 22.9. The van der Waals surface area contributed by atoms with Gasteiger partial charge in [-0.05, 0) is 32.0 Å². The molecule has 0 radical (unpaired) electrons. The zero-order chi connectivity index (χ0) is 12.2. The van der Waals surface area contributed by atoms with E-state index in [1.165, 1.54) is 6.07 Å². The van der Waals surface area contributed by atoms with Crippen LogP contribution in [-0.2, 0) is 4.74 Å². The van der Waals surface area contributed by atoms with Crippen LogP contribution >= 0.6 is 0 Å². The first kappa shape index (κ1) is 10.4. The number of aromatic hydroxyl groups is 1. The number of epoxide rings is 1. The maximum absolute atomic E-state index is 12.3. The largest absolute Gasteiger partial charge is 0.508 e. The van der Waals surface area contributed by atoms with Gasteiger partial charge in [0.05, 0.1) is 12.2 Å². The van der Waals surface area contributed by atoms with E-state index < -0.39 is 5.60 Å². The zero-order valence-corrected chi connectivity index (χ0v) is 9.61. The van der Waals surface area contributed by atoms with Gasteiger partial charge in [0.1, 0.15) is 17.1 Å². The molecule has 1 atom stereocenters. The van der Waals surface area contributed by atoms with E-state index in [1.54, 1.807) is 26.0 Å². The summed E-state index contributed by atoms with van der Waals surface area (Å²) >= 11 is 0. The fourth-order valence-corrected chi connectivity index (χ4v) is 1.99. The fraction of sp³-hybridized carbons (Fsp3) is 0.308. The Morgan fingerprint density at radius 2 is 2.18 bits per heavy atom. The van der Waals surface area contributed by atoms with Crippen LogP contribution in [0.2, 0.25) is 0 Å². The molecule has 1 unspecified atom stereocenters. The number of carbonyl (C=O) groups is 1. The SMILES string of the molecule is Cc1oc2ccc(O)cc2c1C(=O)C1(C)CO1. The van der Waals surface area contributed by atoms with Crippen LogP contribution in [0.4, 0.5) is 0 Å². The lowest BCUT2D eigenvalue weighted by molar-refractivity contribution is 0.0888. The summed E-state index contributed by atoms with van der Waals surface area (Å²) in [4.78, 5) is 12.3. The van der Waals surface area contributed by atoms with Crippen LogP contribution in [0.15, 0.2) is 22.6 Å². The Labute approximate surface area is 97.8 Å². The first-order valence-electron chi connectivity index (χ1n) is 5.42. The van der Waals surface area contributed by atoms with Crippen LogP contribution in [0.25, 0.3) is 11.0 Å². The highest BCUT2D eigenvalue weighted by molar-refractivity contribution is 6.13. The number of fused-ring (bicyclic) bond motifs is 1. The molecule has 1 aromatic carbocycles. The maximum atomic E-state index is 12.3. The molecule has 0 aliphatic carbocycles. The molecule has 1 aromatic heterocycles. The molecule has 17 heavy (non-hydrogen) atoms. The zero-order valence-electron chi connectivity index (χ0n) is 9.61. The molecule has 1 aliphatic heterocycles. The highest BCUT2D eigenvalue weighted by Crippen LogP contribution is 2.36. The average molecular weight is 232 g/mol. The molecule has 1 N–H and O–H groups in total. The molecule has 3 rings (SSSR count). The molecular formula is C13H12O4. The second kappa shape index (κ2) is 3.11. The van der Waals surface area contributed by atoms with Crippen LogP contribution < -0.4 is 0 Å². The highest BCUT2D eigenvalue weighted by atomic mass is 16.6. The van der Waals surface area contributed by atoms with Gasteiger partial charge in [-0.3, -0.25) is 4.79 Å². The van der Waals surface area contributed by atoms with Gasteiger partial charge in [-0.25, -0.2) is 0 Å². The Balaban J connectivity index is 2.24. The second-order valence-corrected chi connectivity index (χ2v) is 4.56. The molecule has 0 bridgehead atoms. The van der Waals surface area contributed by atoms with Crippen molar-refractivity contribution in [1.29, 1.82) is 0 Å². The van der Waals surface area contributed by atoms with Crippen molar-refractivity contribution >= 4 is 16.8 Å². The molecule has 1 aliphatic rings. The first-order chi connectivity index (χ1) is 8.01. The lowest BCUT2D eigenvalue weighted by atomic mass is 9.97. The molecule has 0 amide bonds. The summed E-state index contributed by atoms with van der Waals surface area (Å²) < 4.78 is 10.7. The quantitative estimate of drug-likeness (QED) is 0.638. The Kier molecular flexibility index (Phi) is 1.89. The molecule has 2 aromatic rings. The number of benzene rings is 1. The highest BCUT2D eigenvalue weighted by Gasteiger charge is 2.48. The molecule has 1 saturated heterocycles. The van der Waals surface area contributed by atoms with Gasteiger partial charge in [-0.1, -0.05) is 0 Å². The van der Waals surface area contributed by atoms with Crippen LogP contribution in [0, 0.1) is 6.92 Å². The van der Waals surface area contributed by atoms with Crippen molar-refractivity contribution in [1.82, 2.24) is 0 Å². The number of rotatable bonds is 2. The molecule has 4 heteroatoms. The molecule has 0 spiro atoms. The summed E-state index contributed by atoms with van der Waals surface area (Å²) in [6, 6.07) is 4.74. The van der Waals surface area contributed by atoms with Crippen molar-refractivity contribution in [2.75, 3.05) is 6.61 Å². The van der Waals surface area contributed by atoms with Crippen LogP contribution in [0.3, 0.4) is 0 Å². The van der Waals surface area contributed by atoms with Gasteiger partial charge in [0.2, 0.25) is 5.78 Å². The van der Waals surface area contributed by atoms with E-state index >= 15 is 0 Å². The molecular weight excluding hydrogens is 220 g/mol. The summed E-state index contributed by atoms with van der Waals surface area (Å²) in [6.07, 6.45) is 0. The van der Waals surface area contributed by atoms with E-state index in [2.05, 4.69) is 0 Å². The van der Waals surface area contributed by atoms with E-state index in [-0.39, 0.29) is 11.5 Å². The van der Waals surface area contributed by atoms with E-state index in [1.807, 2.05) is 0 Å². The van der Waals surface area contributed by atoms with Gasteiger partial charge in [0, 0.05) is 5.39 Å². The van der Waals surface area contributed by atoms with Gasteiger partial charge in [0.15, 0.2) is 5.60 Å². The summed E-state index contributed by atoms with van der Waals surface area (Å²) in [5, 5.41) is 10.1. The van der Waals surface area contributed by atoms with E-state index in [4.69, 9.17) is 9.15 Å². The minimum absolute atomic E-state index is 0.0839. The molecule has 88 valence electrons. The Hall–Kier alpha value is -1.81. The van der Waals surface area contributed by atoms with E-state index in [0.717, 1.165) is 0 Å². The Bertz CT molecular complexity index is 620.